The van der Waals surface area contributed by atoms with E-state index in [1.54, 1.807) is 17.0 Å². The average molecular weight is 480 g/mol. The van der Waals surface area contributed by atoms with Crippen LogP contribution in [0.3, 0.4) is 0 Å². The predicted molar refractivity (Wildman–Crippen MR) is 133 cm³/mol. The summed E-state index contributed by atoms with van der Waals surface area (Å²) in [6, 6.07) is 14.3. The first kappa shape index (κ1) is 24.7. The number of hydrogen-bond acceptors (Lipinski definition) is 6. The lowest BCUT2D eigenvalue weighted by Crippen LogP contribution is -2.46. The van der Waals surface area contributed by atoms with Gasteiger partial charge in [-0.1, -0.05) is 36.4 Å². The Hall–Kier alpha value is -3.43. The van der Waals surface area contributed by atoms with Crippen LogP contribution < -0.4 is 16.0 Å². The van der Waals surface area contributed by atoms with Gasteiger partial charge in [0, 0.05) is 63.6 Å². The smallest absolute Gasteiger partial charge is 0.305 e. The summed E-state index contributed by atoms with van der Waals surface area (Å²) in [7, 11) is 0. The van der Waals surface area contributed by atoms with Gasteiger partial charge in [0.2, 0.25) is 5.91 Å². The fourth-order valence-electron chi connectivity index (χ4n) is 4.52. The predicted octanol–water partition coefficient (Wildman–Crippen LogP) is 1.16. The molecule has 0 saturated carbocycles. The highest BCUT2D eigenvalue weighted by Gasteiger charge is 2.31. The molecule has 2 heterocycles. The molecule has 4 N–H and O–H groups in total. The Morgan fingerprint density at radius 3 is 2.57 bits per heavy atom. The van der Waals surface area contributed by atoms with E-state index in [2.05, 4.69) is 20.9 Å². The molecule has 9 nitrogen and oxygen atoms in total. The Morgan fingerprint density at radius 1 is 1.06 bits per heavy atom. The number of carboxylic acid groups (broad SMARTS) is 1. The minimum Gasteiger partial charge on any atom is -0.481 e. The van der Waals surface area contributed by atoms with Gasteiger partial charge in [-0.3, -0.25) is 19.3 Å². The van der Waals surface area contributed by atoms with Gasteiger partial charge < -0.3 is 26.0 Å². The molecule has 1 unspecified atom stereocenters. The zero-order chi connectivity index (χ0) is 24.6. The van der Waals surface area contributed by atoms with E-state index in [0.717, 1.165) is 43.9 Å². The normalized spacial score (nSPS) is 18.3. The Bertz CT molecular complexity index is 1040. The van der Waals surface area contributed by atoms with Crippen LogP contribution in [-0.2, 0) is 22.6 Å². The van der Waals surface area contributed by atoms with Crippen LogP contribution in [-0.4, -0.2) is 84.5 Å². The van der Waals surface area contributed by atoms with Crippen molar-refractivity contribution in [1.82, 2.24) is 20.4 Å². The molecule has 0 aliphatic carbocycles. The van der Waals surface area contributed by atoms with Crippen molar-refractivity contribution in [2.45, 2.75) is 25.4 Å². The average Bonchev–Trinajstić information content (AvgIpc) is 2.99. The summed E-state index contributed by atoms with van der Waals surface area (Å²) >= 11 is 0. The van der Waals surface area contributed by atoms with Crippen LogP contribution in [0.25, 0.3) is 0 Å². The zero-order valence-electron chi connectivity index (χ0n) is 19.8. The van der Waals surface area contributed by atoms with Crippen molar-refractivity contribution in [2.75, 3.05) is 51.1 Å². The lowest BCUT2D eigenvalue weighted by atomic mass is 10.1. The highest BCUT2D eigenvalue weighted by Crippen LogP contribution is 2.26. The highest BCUT2D eigenvalue weighted by atomic mass is 16.4. The van der Waals surface area contributed by atoms with Gasteiger partial charge >= 0.3 is 5.97 Å². The van der Waals surface area contributed by atoms with Crippen LogP contribution in [0.2, 0.25) is 0 Å². The number of rotatable bonds is 9. The molecule has 9 heteroatoms. The van der Waals surface area contributed by atoms with Crippen LogP contribution in [0.4, 0.5) is 5.69 Å². The lowest BCUT2D eigenvalue weighted by molar-refractivity contribution is -0.141. The summed E-state index contributed by atoms with van der Waals surface area (Å²) in [6.45, 7) is 6.05. The fraction of sp³-hybridized carbons (Fsp3) is 0.423. The number of carbonyl (C=O) groups is 3. The second-order valence-electron chi connectivity index (χ2n) is 9.01. The number of amides is 2. The molecule has 4 rings (SSSR count). The van der Waals surface area contributed by atoms with Crippen LogP contribution in [0.5, 0.6) is 0 Å². The maximum Gasteiger partial charge on any atom is 0.305 e. The molecule has 1 fully saturated rings. The van der Waals surface area contributed by atoms with Gasteiger partial charge in [-0.25, -0.2) is 0 Å². The van der Waals surface area contributed by atoms with Crippen LogP contribution in [0.15, 0.2) is 48.5 Å². The van der Waals surface area contributed by atoms with Gasteiger partial charge in [-0.2, -0.15) is 0 Å². The molecule has 0 spiro atoms. The number of piperazine rings is 1. The molecular formula is C26H33N5O4. The van der Waals surface area contributed by atoms with Crippen molar-refractivity contribution in [3.63, 3.8) is 0 Å². The van der Waals surface area contributed by atoms with E-state index < -0.39 is 12.0 Å². The second-order valence-corrected chi connectivity index (χ2v) is 9.01. The number of fused-ring (bicyclic) bond motifs is 1. The first-order valence-corrected chi connectivity index (χ1v) is 12.1. The number of carboxylic acids is 1. The summed E-state index contributed by atoms with van der Waals surface area (Å²) in [5, 5.41) is 18.8. The number of nitrogens with zero attached hydrogens (tertiary/aromatic N) is 2. The van der Waals surface area contributed by atoms with Gasteiger partial charge in [0.1, 0.15) is 6.04 Å². The Balaban J connectivity index is 1.44. The zero-order valence-corrected chi connectivity index (χ0v) is 19.8. The number of aliphatic carboxylic acids is 1. The van der Waals surface area contributed by atoms with E-state index in [1.807, 2.05) is 36.4 Å². The molecule has 186 valence electrons. The van der Waals surface area contributed by atoms with Crippen molar-refractivity contribution < 1.29 is 19.5 Å². The number of hydrogen-bond donors (Lipinski definition) is 4. The molecule has 2 aliphatic rings. The van der Waals surface area contributed by atoms with E-state index >= 15 is 0 Å². The minimum atomic E-state index is -1.05. The minimum absolute atomic E-state index is 0.184. The van der Waals surface area contributed by atoms with Gasteiger partial charge in [0.15, 0.2) is 0 Å². The SMILES string of the molecule is O=C(O)CC1Nc2cc(C(=O)NCCN3CCNCC3)ccc2CN(CCc2ccccc2)C1=O. The molecule has 2 amide bonds. The van der Waals surface area contributed by atoms with E-state index in [-0.39, 0.29) is 18.2 Å². The number of nitrogens with one attached hydrogen (secondary N) is 3. The number of anilines is 1. The molecule has 0 aromatic heterocycles. The molecule has 35 heavy (non-hydrogen) atoms. The van der Waals surface area contributed by atoms with E-state index in [4.69, 9.17) is 0 Å². The lowest BCUT2D eigenvalue weighted by Gasteiger charge is -2.27. The fourth-order valence-corrected chi connectivity index (χ4v) is 4.52. The first-order valence-electron chi connectivity index (χ1n) is 12.1. The summed E-state index contributed by atoms with van der Waals surface area (Å²) < 4.78 is 0. The second kappa shape index (κ2) is 11.8. The Morgan fingerprint density at radius 2 is 1.83 bits per heavy atom. The maximum atomic E-state index is 13.2. The van der Waals surface area contributed by atoms with Crippen molar-refractivity contribution in [3.05, 3.63) is 65.2 Å². The van der Waals surface area contributed by atoms with Crippen LogP contribution in [0, 0.1) is 0 Å². The molecular weight excluding hydrogens is 446 g/mol. The summed E-state index contributed by atoms with van der Waals surface area (Å²) in [6.07, 6.45) is 0.344. The molecule has 0 radical (unpaired) electrons. The number of carbonyl (C=O) groups excluding carboxylic acids is 2. The van der Waals surface area contributed by atoms with Gasteiger partial charge in [-0.05, 0) is 29.7 Å². The topological polar surface area (TPSA) is 114 Å². The van der Waals surface area contributed by atoms with Gasteiger partial charge in [0.25, 0.3) is 5.91 Å². The highest BCUT2D eigenvalue weighted by molar-refractivity contribution is 5.96. The standard InChI is InChI=1S/C26H33N5O4/c32-24(33)17-23-26(35)31(12-8-19-4-2-1-3-5-19)18-21-7-6-20(16-22(21)29-23)25(34)28-11-15-30-13-9-27-10-14-30/h1-7,16,23,27,29H,8-15,17-18H2,(H,28,34)(H,32,33). The quantitative estimate of drug-likeness (QED) is 0.427. The molecule has 1 saturated heterocycles. The van der Waals surface area contributed by atoms with E-state index in [9.17, 15) is 19.5 Å². The van der Waals surface area contributed by atoms with Crippen molar-refractivity contribution in [3.8, 4) is 0 Å². The van der Waals surface area contributed by atoms with Gasteiger partial charge in [0.05, 0.1) is 6.42 Å². The van der Waals surface area contributed by atoms with Crippen LogP contribution >= 0.6 is 0 Å². The third-order valence-corrected chi connectivity index (χ3v) is 6.49. The summed E-state index contributed by atoms with van der Waals surface area (Å²) in [5.74, 6) is -1.48. The van der Waals surface area contributed by atoms with E-state index in [0.29, 0.717) is 37.3 Å². The Labute approximate surface area is 205 Å². The first-order chi connectivity index (χ1) is 17.0. The molecule has 2 aromatic carbocycles. The monoisotopic (exact) mass is 479 g/mol. The van der Waals surface area contributed by atoms with E-state index in [1.165, 1.54) is 0 Å². The van der Waals surface area contributed by atoms with Crippen molar-refractivity contribution >= 4 is 23.5 Å². The summed E-state index contributed by atoms with van der Waals surface area (Å²) in [5.41, 5.74) is 3.08. The third-order valence-electron chi connectivity index (χ3n) is 6.49. The molecule has 2 aromatic rings. The maximum absolute atomic E-state index is 13.2. The van der Waals surface area contributed by atoms with Crippen LogP contribution in [0.1, 0.15) is 27.9 Å². The molecule has 1 atom stereocenters. The van der Waals surface area contributed by atoms with Crippen molar-refractivity contribution in [2.24, 2.45) is 0 Å². The molecule has 2 aliphatic heterocycles. The van der Waals surface area contributed by atoms with Gasteiger partial charge in [-0.15, -0.1) is 0 Å². The Kier molecular flexibility index (Phi) is 8.33. The van der Waals surface area contributed by atoms with Crippen molar-refractivity contribution in [1.29, 1.82) is 0 Å². The largest absolute Gasteiger partial charge is 0.481 e. The number of benzene rings is 2. The molecule has 0 bridgehead atoms. The third kappa shape index (κ3) is 6.80. The summed E-state index contributed by atoms with van der Waals surface area (Å²) in [4.78, 5) is 41.4.